The van der Waals surface area contributed by atoms with E-state index in [2.05, 4.69) is 29.4 Å². The Morgan fingerprint density at radius 1 is 1.06 bits per heavy atom. The summed E-state index contributed by atoms with van der Waals surface area (Å²) in [5, 5.41) is 3.18. The first-order valence-electron chi connectivity index (χ1n) is 6.77. The van der Waals surface area contributed by atoms with Gasteiger partial charge in [0.1, 0.15) is 5.75 Å². The number of nitrogens with zero attached hydrogens (tertiary/aromatic N) is 1. The molecule has 0 bridgehead atoms. The van der Waals surface area contributed by atoms with E-state index in [-0.39, 0.29) is 0 Å². The molecule has 0 saturated carbocycles. The van der Waals surface area contributed by atoms with E-state index in [1.54, 1.807) is 7.11 Å². The molecule has 1 aromatic rings. The van der Waals surface area contributed by atoms with Gasteiger partial charge in [-0.15, -0.1) is 0 Å². The molecule has 0 radical (unpaired) electrons. The summed E-state index contributed by atoms with van der Waals surface area (Å²) in [6, 6.07) is 8.25. The Morgan fingerprint density at radius 3 is 2.33 bits per heavy atom. The summed E-state index contributed by atoms with van der Waals surface area (Å²) in [5.74, 6) is 0.916. The summed E-state index contributed by atoms with van der Waals surface area (Å²) in [6.07, 6.45) is 5.16. The second-order valence-corrected chi connectivity index (χ2v) is 4.64. The van der Waals surface area contributed by atoms with Gasteiger partial charge in [-0.2, -0.15) is 0 Å². The maximum Gasteiger partial charge on any atom is 0.119 e. The van der Waals surface area contributed by atoms with Gasteiger partial charge in [0.25, 0.3) is 0 Å². The van der Waals surface area contributed by atoms with Crippen LogP contribution < -0.4 is 15.0 Å². The van der Waals surface area contributed by atoms with Crippen LogP contribution in [0.4, 0.5) is 5.69 Å². The summed E-state index contributed by atoms with van der Waals surface area (Å²) < 4.78 is 5.16. The van der Waals surface area contributed by atoms with Crippen molar-refractivity contribution >= 4 is 5.69 Å². The number of ether oxygens (including phenoxy) is 1. The van der Waals surface area contributed by atoms with Gasteiger partial charge in [0.05, 0.1) is 7.11 Å². The van der Waals surface area contributed by atoms with Crippen LogP contribution in [-0.2, 0) is 0 Å². The predicted molar refractivity (Wildman–Crippen MR) is 78.7 cm³/mol. The number of hydrogen-bond acceptors (Lipinski definition) is 3. The minimum Gasteiger partial charge on any atom is -0.497 e. The molecule has 0 aliphatic carbocycles. The summed E-state index contributed by atoms with van der Waals surface area (Å²) in [6.45, 7) is 2.25. The lowest BCUT2D eigenvalue weighted by molar-refractivity contribution is 0.415. The van der Waals surface area contributed by atoms with E-state index in [0.717, 1.165) is 18.8 Å². The van der Waals surface area contributed by atoms with Crippen LogP contribution >= 0.6 is 0 Å². The quantitative estimate of drug-likeness (QED) is 0.682. The maximum atomic E-state index is 5.16. The van der Waals surface area contributed by atoms with Gasteiger partial charge in [-0.1, -0.05) is 12.8 Å². The zero-order valence-electron chi connectivity index (χ0n) is 11.9. The number of benzene rings is 1. The molecule has 0 amide bonds. The summed E-state index contributed by atoms with van der Waals surface area (Å²) in [7, 11) is 5.86. The fourth-order valence-corrected chi connectivity index (χ4v) is 1.97. The molecule has 0 atom stereocenters. The summed E-state index contributed by atoms with van der Waals surface area (Å²) in [4.78, 5) is 2.30. The Labute approximate surface area is 111 Å². The largest absolute Gasteiger partial charge is 0.497 e. The molecule has 1 rings (SSSR count). The highest BCUT2D eigenvalue weighted by Crippen LogP contribution is 2.18. The van der Waals surface area contributed by atoms with E-state index in [9.17, 15) is 0 Å². The smallest absolute Gasteiger partial charge is 0.119 e. The third-order valence-corrected chi connectivity index (χ3v) is 3.18. The molecule has 0 aromatic heterocycles. The van der Waals surface area contributed by atoms with Gasteiger partial charge in [0, 0.05) is 19.3 Å². The molecule has 3 heteroatoms. The standard InChI is InChI=1S/C15H26N2O/c1-16-12-6-4-5-7-13-17(2)14-8-10-15(18-3)11-9-14/h8-11,16H,4-7,12-13H2,1-3H3. The highest BCUT2D eigenvalue weighted by molar-refractivity contribution is 5.48. The lowest BCUT2D eigenvalue weighted by Crippen LogP contribution is -2.18. The number of hydrogen-bond donors (Lipinski definition) is 1. The lowest BCUT2D eigenvalue weighted by Gasteiger charge is -2.19. The molecule has 102 valence electrons. The van der Waals surface area contributed by atoms with Gasteiger partial charge in [-0.25, -0.2) is 0 Å². The molecular weight excluding hydrogens is 224 g/mol. The molecule has 1 N–H and O–H groups in total. The van der Waals surface area contributed by atoms with E-state index in [1.165, 1.54) is 31.4 Å². The van der Waals surface area contributed by atoms with Crippen molar-refractivity contribution in [3.63, 3.8) is 0 Å². The fourth-order valence-electron chi connectivity index (χ4n) is 1.97. The van der Waals surface area contributed by atoms with Crippen LogP contribution in [0.25, 0.3) is 0 Å². The summed E-state index contributed by atoms with van der Waals surface area (Å²) >= 11 is 0. The van der Waals surface area contributed by atoms with Crippen LogP contribution in [0, 0.1) is 0 Å². The second kappa shape index (κ2) is 8.81. The number of anilines is 1. The van der Waals surface area contributed by atoms with Crippen molar-refractivity contribution in [1.82, 2.24) is 5.32 Å². The van der Waals surface area contributed by atoms with Crippen molar-refractivity contribution in [2.75, 3.05) is 39.2 Å². The van der Waals surface area contributed by atoms with Crippen molar-refractivity contribution < 1.29 is 4.74 Å². The predicted octanol–water partition coefficient (Wildman–Crippen LogP) is 2.91. The third-order valence-electron chi connectivity index (χ3n) is 3.18. The van der Waals surface area contributed by atoms with Gasteiger partial charge in [-0.05, 0) is 50.7 Å². The van der Waals surface area contributed by atoms with Gasteiger partial charge < -0.3 is 15.0 Å². The molecule has 0 fully saturated rings. The highest BCUT2D eigenvalue weighted by Gasteiger charge is 2.00. The first-order valence-corrected chi connectivity index (χ1v) is 6.77. The third kappa shape index (κ3) is 5.41. The topological polar surface area (TPSA) is 24.5 Å². The molecule has 0 aliphatic rings. The van der Waals surface area contributed by atoms with Crippen LogP contribution in [-0.4, -0.2) is 34.3 Å². The van der Waals surface area contributed by atoms with Crippen molar-refractivity contribution in [2.45, 2.75) is 25.7 Å². The van der Waals surface area contributed by atoms with E-state index in [4.69, 9.17) is 4.74 Å². The molecule has 1 aromatic carbocycles. The van der Waals surface area contributed by atoms with E-state index in [1.807, 2.05) is 19.2 Å². The Bertz CT molecular complexity index is 311. The van der Waals surface area contributed by atoms with E-state index in [0.29, 0.717) is 0 Å². The number of methoxy groups -OCH3 is 1. The molecule has 0 heterocycles. The van der Waals surface area contributed by atoms with Crippen LogP contribution in [0.5, 0.6) is 5.75 Å². The Hall–Kier alpha value is -1.22. The summed E-state index contributed by atoms with van der Waals surface area (Å²) in [5.41, 5.74) is 1.26. The zero-order valence-corrected chi connectivity index (χ0v) is 11.9. The van der Waals surface area contributed by atoms with Crippen molar-refractivity contribution in [2.24, 2.45) is 0 Å². The van der Waals surface area contributed by atoms with Gasteiger partial charge in [0.15, 0.2) is 0 Å². The molecule has 0 saturated heterocycles. The van der Waals surface area contributed by atoms with E-state index >= 15 is 0 Å². The molecule has 3 nitrogen and oxygen atoms in total. The Morgan fingerprint density at radius 2 is 1.72 bits per heavy atom. The number of unbranched alkanes of at least 4 members (excludes halogenated alkanes) is 3. The van der Waals surface area contributed by atoms with Crippen molar-refractivity contribution in [1.29, 1.82) is 0 Å². The van der Waals surface area contributed by atoms with Crippen molar-refractivity contribution in [3.8, 4) is 5.75 Å². The fraction of sp³-hybridized carbons (Fsp3) is 0.600. The Balaban J connectivity index is 2.21. The normalized spacial score (nSPS) is 10.4. The zero-order chi connectivity index (χ0) is 13.2. The molecule has 0 unspecified atom stereocenters. The molecular formula is C15H26N2O. The number of nitrogens with one attached hydrogen (secondary N) is 1. The lowest BCUT2D eigenvalue weighted by atomic mass is 10.2. The molecule has 0 aliphatic heterocycles. The number of rotatable bonds is 9. The molecule has 18 heavy (non-hydrogen) atoms. The van der Waals surface area contributed by atoms with Gasteiger partial charge in [0.2, 0.25) is 0 Å². The minimum atomic E-state index is 0.916. The maximum absolute atomic E-state index is 5.16. The van der Waals surface area contributed by atoms with Gasteiger partial charge in [-0.3, -0.25) is 0 Å². The highest BCUT2D eigenvalue weighted by atomic mass is 16.5. The molecule has 0 spiro atoms. The first-order chi connectivity index (χ1) is 8.77. The van der Waals surface area contributed by atoms with Gasteiger partial charge >= 0.3 is 0 Å². The minimum absolute atomic E-state index is 0.916. The SMILES string of the molecule is CNCCCCCCN(C)c1ccc(OC)cc1. The first kappa shape index (κ1) is 14.8. The second-order valence-electron chi connectivity index (χ2n) is 4.64. The van der Waals surface area contributed by atoms with Crippen molar-refractivity contribution in [3.05, 3.63) is 24.3 Å². The van der Waals surface area contributed by atoms with Crippen LogP contribution in [0.1, 0.15) is 25.7 Å². The van der Waals surface area contributed by atoms with E-state index < -0.39 is 0 Å². The van der Waals surface area contributed by atoms with Crippen LogP contribution in [0.3, 0.4) is 0 Å². The average molecular weight is 250 g/mol. The van der Waals surface area contributed by atoms with Crippen LogP contribution in [0.2, 0.25) is 0 Å². The average Bonchev–Trinajstić information content (AvgIpc) is 2.42. The Kier molecular flexibility index (Phi) is 7.26. The van der Waals surface area contributed by atoms with Crippen LogP contribution in [0.15, 0.2) is 24.3 Å². The monoisotopic (exact) mass is 250 g/mol.